The Labute approximate surface area is 182 Å². The molecule has 1 atom stereocenters. The summed E-state index contributed by atoms with van der Waals surface area (Å²) in [6.45, 7) is 3.58. The zero-order chi connectivity index (χ0) is 22.5. The van der Waals surface area contributed by atoms with Crippen molar-refractivity contribution < 1.29 is 23.9 Å². The van der Waals surface area contributed by atoms with Gasteiger partial charge in [0.15, 0.2) is 0 Å². The van der Waals surface area contributed by atoms with E-state index in [0.29, 0.717) is 0 Å². The van der Waals surface area contributed by atoms with E-state index in [2.05, 4.69) is 34.3 Å². The second-order valence-corrected chi connectivity index (χ2v) is 7.90. The number of fused-ring (bicyclic) bond motifs is 3. The van der Waals surface area contributed by atoms with Gasteiger partial charge in [0.2, 0.25) is 5.91 Å². The molecule has 2 aromatic rings. The van der Waals surface area contributed by atoms with Crippen molar-refractivity contribution >= 4 is 18.0 Å². The van der Waals surface area contributed by atoms with Gasteiger partial charge in [-0.25, -0.2) is 4.79 Å². The number of methoxy groups -OCH3 is 1. The summed E-state index contributed by atoms with van der Waals surface area (Å²) in [6, 6.07) is 15.4. The SMILES string of the molecule is COC(=O)CNC(=O)[C@H](C(C)C)N(C)C(=O)OCC1c2ccccc2-c2ccccc21. The van der Waals surface area contributed by atoms with Crippen LogP contribution in [0.1, 0.15) is 30.9 Å². The van der Waals surface area contributed by atoms with Gasteiger partial charge in [0, 0.05) is 13.0 Å². The van der Waals surface area contributed by atoms with E-state index in [4.69, 9.17) is 4.74 Å². The zero-order valence-corrected chi connectivity index (χ0v) is 18.3. The Bertz CT molecular complexity index is 926. The maximum absolute atomic E-state index is 12.8. The van der Waals surface area contributed by atoms with E-state index in [1.165, 1.54) is 19.1 Å². The molecule has 0 spiro atoms. The van der Waals surface area contributed by atoms with Gasteiger partial charge in [-0.3, -0.25) is 14.5 Å². The summed E-state index contributed by atoms with van der Waals surface area (Å²) in [7, 11) is 2.78. The summed E-state index contributed by atoms with van der Waals surface area (Å²) < 4.78 is 10.2. The van der Waals surface area contributed by atoms with Gasteiger partial charge in [-0.15, -0.1) is 0 Å². The number of nitrogens with one attached hydrogen (secondary N) is 1. The molecule has 1 N–H and O–H groups in total. The molecule has 1 aliphatic carbocycles. The van der Waals surface area contributed by atoms with Crippen LogP contribution in [0.5, 0.6) is 0 Å². The molecular formula is C24H28N2O5. The molecule has 0 unspecified atom stereocenters. The van der Waals surface area contributed by atoms with E-state index < -0.39 is 24.0 Å². The number of amides is 2. The molecule has 31 heavy (non-hydrogen) atoms. The van der Waals surface area contributed by atoms with E-state index in [1.807, 2.05) is 38.1 Å². The number of nitrogens with zero attached hydrogens (tertiary/aromatic N) is 1. The predicted octanol–water partition coefficient (Wildman–Crippen LogP) is 3.18. The van der Waals surface area contributed by atoms with Crippen molar-refractivity contribution in [1.82, 2.24) is 10.2 Å². The Morgan fingerprint density at radius 3 is 2.06 bits per heavy atom. The Balaban J connectivity index is 1.69. The first-order chi connectivity index (χ1) is 14.8. The van der Waals surface area contributed by atoms with Crippen molar-refractivity contribution in [2.75, 3.05) is 27.3 Å². The third-order valence-corrected chi connectivity index (χ3v) is 5.58. The molecule has 0 fully saturated rings. The Hall–Kier alpha value is -3.35. The van der Waals surface area contributed by atoms with Crippen LogP contribution in [-0.2, 0) is 19.1 Å². The number of carbonyl (C=O) groups excluding carboxylic acids is 3. The molecular weight excluding hydrogens is 396 g/mol. The van der Waals surface area contributed by atoms with Crippen LogP contribution >= 0.6 is 0 Å². The normalized spacial score (nSPS) is 13.2. The van der Waals surface area contributed by atoms with Gasteiger partial charge in [-0.1, -0.05) is 62.4 Å². The Morgan fingerprint density at radius 2 is 1.55 bits per heavy atom. The minimum atomic E-state index is -0.777. The second-order valence-electron chi connectivity index (χ2n) is 7.90. The van der Waals surface area contributed by atoms with Crippen molar-refractivity contribution in [2.24, 2.45) is 5.92 Å². The van der Waals surface area contributed by atoms with Crippen molar-refractivity contribution in [2.45, 2.75) is 25.8 Å². The molecule has 0 aromatic heterocycles. The van der Waals surface area contributed by atoms with Crippen LogP contribution in [0, 0.1) is 5.92 Å². The number of benzene rings is 2. The van der Waals surface area contributed by atoms with Gasteiger partial charge in [0.05, 0.1) is 7.11 Å². The molecule has 0 heterocycles. The summed E-state index contributed by atoms with van der Waals surface area (Å²) in [6.07, 6.45) is -0.589. The first kappa shape index (κ1) is 22.3. The zero-order valence-electron chi connectivity index (χ0n) is 18.3. The number of carbonyl (C=O) groups is 3. The quantitative estimate of drug-likeness (QED) is 0.690. The molecule has 2 amide bonds. The summed E-state index contributed by atoms with van der Waals surface area (Å²) in [5, 5.41) is 2.51. The highest BCUT2D eigenvalue weighted by atomic mass is 16.6. The standard InChI is InChI=1S/C24H28N2O5/c1-15(2)22(23(28)25-13-21(27)30-4)26(3)24(29)31-14-20-18-11-7-5-9-16(18)17-10-6-8-12-19(17)20/h5-12,15,20,22H,13-14H2,1-4H3,(H,25,28)/t22-/m0/s1. The molecule has 0 saturated heterocycles. The third kappa shape index (κ3) is 4.71. The van der Waals surface area contributed by atoms with E-state index in [1.54, 1.807) is 0 Å². The fraction of sp³-hybridized carbons (Fsp3) is 0.375. The first-order valence-electron chi connectivity index (χ1n) is 10.3. The number of likely N-dealkylation sites (N-methyl/N-ethyl adjacent to an activating group) is 1. The summed E-state index contributed by atoms with van der Waals surface area (Å²) in [5.74, 6) is -1.23. The highest BCUT2D eigenvalue weighted by Crippen LogP contribution is 2.44. The van der Waals surface area contributed by atoms with Crippen molar-refractivity contribution in [3.8, 4) is 11.1 Å². The maximum atomic E-state index is 12.8. The molecule has 0 bridgehead atoms. The van der Waals surface area contributed by atoms with Crippen LogP contribution in [0.25, 0.3) is 11.1 Å². The number of rotatable bonds is 7. The van der Waals surface area contributed by atoms with Crippen molar-refractivity contribution in [3.63, 3.8) is 0 Å². The van der Waals surface area contributed by atoms with Gasteiger partial charge < -0.3 is 14.8 Å². The predicted molar refractivity (Wildman–Crippen MR) is 116 cm³/mol. The Morgan fingerprint density at radius 1 is 1.00 bits per heavy atom. The molecule has 7 heteroatoms. The number of hydrogen-bond acceptors (Lipinski definition) is 5. The van der Waals surface area contributed by atoms with E-state index >= 15 is 0 Å². The van der Waals surface area contributed by atoms with Gasteiger partial charge in [0.25, 0.3) is 0 Å². The molecule has 7 nitrogen and oxygen atoms in total. The molecule has 2 aromatic carbocycles. The average molecular weight is 424 g/mol. The van der Waals surface area contributed by atoms with Gasteiger partial charge in [-0.2, -0.15) is 0 Å². The minimum Gasteiger partial charge on any atom is -0.468 e. The number of ether oxygens (including phenoxy) is 2. The summed E-state index contributed by atoms with van der Waals surface area (Å²) >= 11 is 0. The topological polar surface area (TPSA) is 84.9 Å². The average Bonchev–Trinajstić information content (AvgIpc) is 3.09. The van der Waals surface area contributed by atoms with Crippen LogP contribution in [0.4, 0.5) is 4.79 Å². The van der Waals surface area contributed by atoms with Crippen molar-refractivity contribution in [3.05, 3.63) is 59.7 Å². The fourth-order valence-electron chi connectivity index (χ4n) is 4.07. The lowest BCUT2D eigenvalue weighted by molar-refractivity contribution is -0.141. The first-order valence-corrected chi connectivity index (χ1v) is 10.3. The fourth-order valence-corrected chi connectivity index (χ4v) is 4.07. The minimum absolute atomic E-state index is 0.0598. The molecule has 3 rings (SSSR count). The summed E-state index contributed by atoms with van der Waals surface area (Å²) in [5.41, 5.74) is 4.54. The lowest BCUT2D eigenvalue weighted by Crippen LogP contribution is -2.51. The van der Waals surface area contributed by atoms with E-state index in [9.17, 15) is 14.4 Å². The lowest BCUT2D eigenvalue weighted by atomic mass is 9.98. The van der Waals surface area contributed by atoms with Crippen LogP contribution in [0.3, 0.4) is 0 Å². The number of hydrogen-bond donors (Lipinski definition) is 1. The largest absolute Gasteiger partial charge is 0.468 e. The van der Waals surface area contributed by atoms with Crippen LogP contribution in [0.15, 0.2) is 48.5 Å². The van der Waals surface area contributed by atoms with Crippen LogP contribution in [-0.4, -0.2) is 56.2 Å². The smallest absolute Gasteiger partial charge is 0.410 e. The molecule has 0 aliphatic heterocycles. The highest BCUT2D eigenvalue weighted by molar-refractivity contribution is 5.88. The molecule has 0 saturated carbocycles. The second kappa shape index (κ2) is 9.64. The Kier molecular flexibility index (Phi) is 6.95. The maximum Gasteiger partial charge on any atom is 0.410 e. The molecule has 0 radical (unpaired) electrons. The van der Waals surface area contributed by atoms with Gasteiger partial charge in [0.1, 0.15) is 19.2 Å². The number of esters is 1. The molecule has 164 valence electrons. The van der Waals surface area contributed by atoms with Gasteiger partial charge in [-0.05, 0) is 28.2 Å². The third-order valence-electron chi connectivity index (χ3n) is 5.58. The molecule has 1 aliphatic rings. The van der Waals surface area contributed by atoms with Gasteiger partial charge >= 0.3 is 12.1 Å². The van der Waals surface area contributed by atoms with E-state index in [0.717, 1.165) is 22.3 Å². The monoisotopic (exact) mass is 424 g/mol. The van der Waals surface area contributed by atoms with E-state index in [-0.39, 0.29) is 25.0 Å². The lowest BCUT2D eigenvalue weighted by Gasteiger charge is -2.29. The van der Waals surface area contributed by atoms with Crippen LogP contribution in [0.2, 0.25) is 0 Å². The van der Waals surface area contributed by atoms with Crippen molar-refractivity contribution in [1.29, 1.82) is 0 Å². The van der Waals surface area contributed by atoms with Crippen LogP contribution < -0.4 is 5.32 Å². The highest BCUT2D eigenvalue weighted by Gasteiger charge is 2.33. The summed E-state index contributed by atoms with van der Waals surface area (Å²) in [4.78, 5) is 38.0.